The number of nitrogens with zero attached hydrogens (tertiary/aromatic N) is 3. The summed E-state index contributed by atoms with van der Waals surface area (Å²) in [6, 6.07) is 9.46. The maximum absolute atomic E-state index is 12.6. The van der Waals surface area contributed by atoms with Crippen molar-refractivity contribution in [1.82, 2.24) is 14.9 Å². The first-order valence-electron chi connectivity index (χ1n) is 7.25. The number of thioether (sulfide) groups is 1. The Bertz CT molecular complexity index is 725. The SMILES string of the molecule is O=C(c1ccccc1)N1CCC2c3c(Cl)ncnc3SC2C1. The van der Waals surface area contributed by atoms with Crippen LogP contribution in [0.4, 0.5) is 0 Å². The largest absolute Gasteiger partial charge is 0.337 e. The van der Waals surface area contributed by atoms with Crippen molar-refractivity contribution in [2.24, 2.45) is 0 Å². The van der Waals surface area contributed by atoms with E-state index < -0.39 is 0 Å². The van der Waals surface area contributed by atoms with Crippen molar-refractivity contribution in [3.05, 3.63) is 52.9 Å². The van der Waals surface area contributed by atoms with Crippen LogP contribution >= 0.6 is 23.4 Å². The molecule has 3 heterocycles. The molecular weight excluding hydrogens is 318 g/mol. The van der Waals surface area contributed by atoms with Crippen LogP contribution in [-0.2, 0) is 0 Å². The van der Waals surface area contributed by atoms with Gasteiger partial charge >= 0.3 is 0 Å². The Morgan fingerprint density at radius 3 is 2.91 bits per heavy atom. The highest BCUT2D eigenvalue weighted by Crippen LogP contribution is 2.50. The summed E-state index contributed by atoms with van der Waals surface area (Å²) in [6.45, 7) is 1.48. The summed E-state index contributed by atoms with van der Waals surface area (Å²) in [5.74, 6) is 0.460. The average Bonchev–Trinajstić information content (AvgIpc) is 2.93. The predicted molar refractivity (Wildman–Crippen MR) is 86.4 cm³/mol. The fourth-order valence-electron chi connectivity index (χ4n) is 3.22. The highest BCUT2D eigenvalue weighted by molar-refractivity contribution is 8.00. The zero-order valence-electron chi connectivity index (χ0n) is 11.8. The van der Waals surface area contributed by atoms with Gasteiger partial charge in [-0.1, -0.05) is 29.8 Å². The van der Waals surface area contributed by atoms with Crippen LogP contribution in [0.15, 0.2) is 41.7 Å². The summed E-state index contributed by atoms with van der Waals surface area (Å²) >= 11 is 7.96. The Kier molecular flexibility index (Phi) is 3.54. The molecule has 2 unspecified atom stereocenters. The first-order chi connectivity index (χ1) is 10.7. The van der Waals surface area contributed by atoms with E-state index in [2.05, 4.69) is 9.97 Å². The fourth-order valence-corrected chi connectivity index (χ4v) is 5.01. The van der Waals surface area contributed by atoms with Crippen LogP contribution in [0.25, 0.3) is 0 Å². The van der Waals surface area contributed by atoms with Gasteiger partial charge in [-0.15, -0.1) is 11.8 Å². The van der Waals surface area contributed by atoms with Gasteiger partial charge in [-0.05, 0) is 18.6 Å². The van der Waals surface area contributed by atoms with E-state index in [-0.39, 0.29) is 5.91 Å². The maximum Gasteiger partial charge on any atom is 0.253 e. The molecule has 112 valence electrons. The molecule has 4 rings (SSSR count). The number of fused-ring (bicyclic) bond motifs is 3. The van der Waals surface area contributed by atoms with Crippen LogP contribution < -0.4 is 0 Å². The third-order valence-electron chi connectivity index (χ3n) is 4.30. The summed E-state index contributed by atoms with van der Waals surface area (Å²) < 4.78 is 0. The summed E-state index contributed by atoms with van der Waals surface area (Å²) in [5, 5.41) is 1.86. The maximum atomic E-state index is 12.6. The molecule has 2 aromatic rings. The molecule has 2 aliphatic rings. The zero-order valence-corrected chi connectivity index (χ0v) is 13.3. The van der Waals surface area contributed by atoms with Crippen LogP contribution in [0.2, 0.25) is 5.15 Å². The first-order valence-corrected chi connectivity index (χ1v) is 8.51. The van der Waals surface area contributed by atoms with Gasteiger partial charge in [0, 0.05) is 35.4 Å². The molecule has 1 aromatic heterocycles. The first kappa shape index (κ1) is 14.0. The van der Waals surface area contributed by atoms with Gasteiger partial charge in [0.25, 0.3) is 5.91 Å². The van der Waals surface area contributed by atoms with Gasteiger partial charge < -0.3 is 4.90 Å². The number of piperidine rings is 1. The molecule has 1 fully saturated rings. The van der Waals surface area contributed by atoms with E-state index in [0.29, 0.717) is 16.3 Å². The van der Waals surface area contributed by atoms with Crippen molar-refractivity contribution in [3.8, 4) is 0 Å². The van der Waals surface area contributed by atoms with Gasteiger partial charge in [-0.2, -0.15) is 0 Å². The number of hydrogen-bond acceptors (Lipinski definition) is 4. The zero-order chi connectivity index (χ0) is 15.1. The number of carbonyl (C=O) groups excluding carboxylic acids is 1. The van der Waals surface area contributed by atoms with E-state index in [1.807, 2.05) is 35.2 Å². The minimum Gasteiger partial charge on any atom is -0.337 e. The molecular formula is C16H14ClN3OS. The molecule has 0 bridgehead atoms. The fraction of sp³-hybridized carbons (Fsp3) is 0.312. The normalized spacial score (nSPS) is 23.0. The van der Waals surface area contributed by atoms with Crippen molar-refractivity contribution < 1.29 is 4.79 Å². The van der Waals surface area contributed by atoms with Crippen molar-refractivity contribution >= 4 is 29.3 Å². The Morgan fingerprint density at radius 2 is 2.09 bits per heavy atom. The third kappa shape index (κ3) is 2.29. The average molecular weight is 332 g/mol. The van der Waals surface area contributed by atoms with Crippen molar-refractivity contribution in [3.63, 3.8) is 0 Å². The lowest BCUT2D eigenvalue weighted by molar-refractivity contribution is 0.0719. The Hall–Kier alpha value is -1.59. The van der Waals surface area contributed by atoms with Crippen LogP contribution in [0.1, 0.15) is 28.3 Å². The van der Waals surface area contributed by atoms with Crippen LogP contribution in [0.5, 0.6) is 0 Å². The van der Waals surface area contributed by atoms with Gasteiger partial charge in [-0.3, -0.25) is 4.79 Å². The Balaban J connectivity index is 1.55. The molecule has 2 atom stereocenters. The van der Waals surface area contributed by atoms with Crippen LogP contribution in [-0.4, -0.2) is 39.1 Å². The topological polar surface area (TPSA) is 46.1 Å². The minimum atomic E-state index is 0.104. The quantitative estimate of drug-likeness (QED) is 0.753. The van der Waals surface area contributed by atoms with E-state index in [9.17, 15) is 4.79 Å². The lowest BCUT2D eigenvalue weighted by Gasteiger charge is -2.34. The molecule has 0 aliphatic carbocycles. The number of carbonyl (C=O) groups is 1. The number of halogens is 1. The lowest BCUT2D eigenvalue weighted by atomic mass is 9.91. The second kappa shape index (κ2) is 5.56. The van der Waals surface area contributed by atoms with Crippen LogP contribution in [0.3, 0.4) is 0 Å². The highest BCUT2D eigenvalue weighted by Gasteiger charge is 2.41. The van der Waals surface area contributed by atoms with E-state index in [0.717, 1.165) is 35.7 Å². The van der Waals surface area contributed by atoms with Gasteiger partial charge in [0.15, 0.2) is 0 Å². The molecule has 0 N–H and O–H groups in total. The smallest absolute Gasteiger partial charge is 0.253 e. The lowest BCUT2D eigenvalue weighted by Crippen LogP contribution is -2.43. The molecule has 4 nitrogen and oxygen atoms in total. The van der Waals surface area contributed by atoms with Crippen LogP contribution in [0, 0.1) is 0 Å². The summed E-state index contributed by atoms with van der Waals surface area (Å²) in [7, 11) is 0. The molecule has 1 aromatic carbocycles. The van der Waals surface area contributed by atoms with Gasteiger partial charge in [-0.25, -0.2) is 9.97 Å². The number of aromatic nitrogens is 2. The van der Waals surface area contributed by atoms with Crippen molar-refractivity contribution in [2.45, 2.75) is 22.6 Å². The van der Waals surface area contributed by atoms with Gasteiger partial charge in [0.1, 0.15) is 16.5 Å². The Morgan fingerprint density at radius 1 is 1.27 bits per heavy atom. The molecule has 6 heteroatoms. The minimum absolute atomic E-state index is 0.104. The summed E-state index contributed by atoms with van der Waals surface area (Å²) in [5.41, 5.74) is 1.82. The number of benzene rings is 1. The molecule has 1 saturated heterocycles. The summed E-state index contributed by atoms with van der Waals surface area (Å²) in [4.78, 5) is 23.0. The van der Waals surface area contributed by atoms with E-state index in [1.54, 1.807) is 11.8 Å². The number of hydrogen-bond donors (Lipinski definition) is 0. The highest BCUT2D eigenvalue weighted by atomic mass is 35.5. The summed E-state index contributed by atoms with van der Waals surface area (Å²) in [6.07, 6.45) is 2.43. The predicted octanol–water partition coefficient (Wildman–Crippen LogP) is 3.23. The van der Waals surface area contributed by atoms with E-state index in [1.165, 1.54) is 6.33 Å². The van der Waals surface area contributed by atoms with Crippen molar-refractivity contribution in [2.75, 3.05) is 13.1 Å². The van der Waals surface area contributed by atoms with Gasteiger partial charge in [0.2, 0.25) is 0 Å². The molecule has 22 heavy (non-hydrogen) atoms. The van der Waals surface area contributed by atoms with E-state index in [4.69, 9.17) is 11.6 Å². The van der Waals surface area contributed by atoms with E-state index >= 15 is 0 Å². The third-order valence-corrected chi connectivity index (χ3v) is 5.93. The monoisotopic (exact) mass is 331 g/mol. The second-order valence-electron chi connectivity index (χ2n) is 5.55. The number of rotatable bonds is 1. The molecule has 0 saturated carbocycles. The molecule has 0 radical (unpaired) electrons. The molecule has 2 aliphatic heterocycles. The molecule has 0 spiro atoms. The Labute approximate surface area is 137 Å². The van der Waals surface area contributed by atoms with Gasteiger partial charge in [0.05, 0.1) is 0 Å². The standard InChI is InChI=1S/C16H14ClN3OS/c17-14-13-11-6-7-20(16(21)10-4-2-1-3-5-10)8-12(11)22-15(13)19-9-18-14/h1-5,9,11-12H,6-8H2. The molecule has 1 amide bonds. The second-order valence-corrected chi connectivity index (χ2v) is 7.14. The number of amides is 1. The van der Waals surface area contributed by atoms with Crippen molar-refractivity contribution in [1.29, 1.82) is 0 Å². The number of likely N-dealkylation sites (tertiary alicyclic amines) is 1.